The van der Waals surface area contributed by atoms with Crippen LogP contribution in [0.1, 0.15) is 34.4 Å². The summed E-state index contributed by atoms with van der Waals surface area (Å²) in [5.41, 5.74) is 0.948. The molecule has 2 heterocycles. The minimum atomic E-state index is -0.588. The van der Waals surface area contributed by atoms with E-state index in [-0.39, 0.29) is 23.3 Å². The maximum absolute atomic E-state index is 12.6. The highest BCUT2D eigenvalue weighted by molar-refractivity contribution is 6.03. The van der Waals surface area contributed by atoms with Crippen LogP contribution in [0.15, 0.2) is 33.5 Å². The lowest BCUT2D eigenvalue weighted by Crippen LogP contribution is -2.22. The van der Waals surface area contributed by atoms with Gasteiger partial charge in [0.15, 0.2) is 0 Å². The number of ether oxygens (including phenoxy) is 2. The highest BCUT2D eigenvalue weighted by atomic mass is 16.5. The number of carbonyl (C=O) groups excluding carboxylic acids is 1. The number of fused-ring (bicyclic) bond motifs is 1. The van der Waals surface area contributed by atoms with E-state index in [0.717, 1.165) is 11.3 Å². The van der Waals surface area contributed by atoms with Crippen molar-refractivity contribution in [2.75, 3.05) is 20.8 Å². The van der Waals surface area contributed by atoms with Gasteiger partial charge in [-0.2, -0.15) is 4.98 Å². The Morgan fingerprint density at radius 1 is 1.25 bits per heavy atom. The van der Waals surface area contributed by atoms with Crippen LogP contribution in [-0.2, 0) is 17.8 Å². The Kier molecular flexibility index (Phi) is 5.79. The molecule has 8 nitrogen and oxygen atoms in total. The number of rotatable bonds is 7. The zero-order valence-corrected chi connectivity index (χ0v) is 16.4. The predicted octanol–water partition coefficient (Wildman–Crippen LogP) is 2.64. The van der Waals surface area contributed by atoms with Crippen LogP contribution in [0, 0.1) is 6.92 Å². The zero-order chi connectivity index (χ0) is 20.3. The minimum Gasteiger partial charge on any atom is -0.497 e. The summed E-state index contributed by atoms with van der Waals surface area (Å²) >= 11 is 0. The maximum Gasteiger partial charge on any atom is 0.342 e. The Hall–Kier alpha value is -3.13. The van der Waals surface area contributed by atoms with Gasteiger partial charge in [-0.25, -0.2) is 4.79 Å². The van der Waals surface area contributed by atoms with Gasteiger partial charge in [0.2, 0.25) is 5.71 Å². The molecule has 0 aliphatic rings. The molecule has 0 fully saturated rings. The molecule has 1 N–H and O–H groups in total. The monoisotopic (exact) mass is 385 g/mol. The number of hydrogen-bond acceptors (Lipinski definition) is 7. The standard InChI is InChI=1S/C20H23N3O5/c1-5-27-20(25)16-12(2)28-19-17(16)18(24)21-15(22-19)11-23(3)10-13-6-8-14(26-4)9-7-13/h6-9H,5,10-11H2,1-4H3,(H,21,22,24). The van der Waals surface area contributed by atoms with Crippen molar-refractivity contribution in [1.82, 2.24) is 14.9 Å². The lowest BCUT2D eigenvalue weighted by atomic mass is 10.2. The van der Waals surface area contributed by atoms with Crippen molar-refractivity contribution in [3.05, 3.63) is 57.3 Å². The number of aromatic nitrogens is 2. The van der Waals surface area contributed by atoms with Gasteiger partial charge in [0.25, 0.3) is 5.56 Å². The molecule has 0 atom stereocenters. The number of benzene rings is 1. The molecule has 0 bridgehead atoms. The van der Waals surface area contributed by atoms with Gasteiger partial charge < -0.3 is 18.9 Å². The largest absolute Gasteiger partial charge is 0.497 e. The molecular weight excluding hydrogens is 362 g/mol. The Labute approximate surface area is 162 Å². The van der Waals surface area contributed by atoms with E-state index < -0.39 is 11.5 Å². The van der Waals surface area contributed by atoms with Gasteiger partial charge in [-0.05, 0) is 38.6 Å². The summed E-state index contributed by atoms with van der Waals surface area (Å²) < 4.78 is 15.7. The van der Waals surface area contributed by atoms with E-state index in [1.165, 1.54) is 0 Å². The number of aromatic amines is 1. The average Bonchev–Trinajstić information content (AvgIpc) is 2.99. The Morgan fingerprint density at radius 3 is 2.61 bits per heavy atom. The van der Waals surface area contributed by atoms with Gasteiger partial charge in [-0.3, -0.25) is 9.69 Å². The third-order valence-electron chi connectivity index (χ3n) is 4.30. The Morgan fingerprint density at radius 2 is 1.96 bits per heavy atom. The third-order valence-corrected chi connectivity index (χ3v) is 4.30. The second kappa shape index (κ2) is 8.26. The first-order valence-electron chi connectivity index (χ1n) is 8.93. The number of furan rings is 1. The van der Waals surface area contributed by atoms with E-state index in [9.17, 15) is 9.59 Å². The molecule has 0 saturated heterocycles. The van der Waals surface area contributed by atoms with E-state index >= 15 is 0 Å². The predicted molar refractivity (Wildman–Crippen MR) is 103 cm³/mol. The minimum absolute atomic E-state index is 0.123. The van der Waals surface area contributed by atoms with E-state index in [0.29, 0.717) is 24.7 Å². The van der Waals surface area contributed by atoms with Gasteiger partial charge in [0.05, 0.1) is 20.3 Å². The van der Waals surface area contributed by atoms with Crippen LogP contribution in [0.5, 0.6) is 5.75 Å². The quantitative estimate of drug-likeness (QED) is 0.624. The van der Waals surface area contributed by atoms with Crippen LogP contribution < -0.4 is 10.3 Å². The van der Waals surface area contributed by atoms with Crippen molar-refractivity contribution >= 4 is 17.1 Å². The number of aryl methyl sites for hydroxylation is 1. The second-order valence-electron chi connectivity index (χ2n) is 6.47. The van der Waals surface area contributed by atoms with Crippen LogP contribution >= 0.6 is 0 Å². The number of esters is 1. The summed E-state index contributed by atoms with van der Waals surface area (Å²) in [5, 5.41) is 0.123. The lowest BCUT2D eigenvalue weighted by Gasteiger charge is -2.16. The first kappa shape index (κ1) is 19.6. The van der Waals surface area contributed by atoms with Crippen molar-refractivity contribution in [3.63, 3.8) is 0 Å². The molecule has 1 aromatic carbocycles. The fourth-order valence-electron chi connectivity index (χ4n) is 3.04. The molecule has 0 aliphatic carbocycles. The van der Waals surface area contributed by atoms with Crippen molar-refractivity contribution < 1.29 is 18.7 Å². The molecule has 148 valence electrons. The molecule has 28 heavy (non-hydrogen) atoms. The third kappa shape index (κ3) is 4.07. The van der Waals surface area contributed by atoms with E-state index in [1.54, 1.807) is 21.0 Å². The number of nitrogens with zero attached hydrogens (tertiary/aromatic N) is 2. The second-order valence-corrected chi connectivity index (χ2v) is 6.47. The summed E-state index contributed by atoms with van der Waals surface area (Å²) in [5.74, 6) is 0.983. The first-order valence-corrected chi connectivity index (χ1v) is 8.93. The molecule has 8 heteroatoms. The van der Waals surface area contributed by atoms with Gasteiger partial charge in [0, 0.05) is 6.54 Å². The summed E-state index contributed by atoms with van der Waals surface area (Å²) in [6, 6.07) is 7.77. The van der Waals surface area contributed by atoms with Crippen LogP contribution in [0.2, 0.25) is 0 Å². The number of methoxy groups -OCH3 is 1. The van der Waals surface area contributed by atoms with E-state index in [4.69, 9.17) is 13.9 Å². The molecule has 0 saturated carbocycles. The molecule has 3 rings (SSSR count). The molecule has 0 unspecified atom stereocenters. The number of nitrogens with one attached hydrogen (secondary N) is 1. The highest BCUT2D eigenvalue weighted by Gasteiger charge is 2.23. The topological polar surface area (TPSA) is 97.7 Å². The fraction of sp³-hybridized carbons (Fsp3) is 0.350. The summed E-state index contributed by atoms with van der Waals surface area (Å²) in [6.07, 6.45) is 0. The average molecular weight is 385 g/mol. The molecule has 2 aromatic heterocycles. The smallest absolute Gasteiger partial charge is 0.342 e. The number of carbonyl (C=O) groups is 1. The van der Waals surface area contributed by atoms with Crippen LogP contribution in [0.4, 0.5) is 0 Å². The summed E-state index contributed by atoms with van der Waals surface area (Å²) in [6.45, 7) is 4.60. The van der Waals surface area contributed by atoms with Gasteiger partial charge in [0.1, 0.15) is 28.3 Å². The Balaban J connectivity index is 1.82. The zero-order valence-electron chi connectivity index (χ0n) is 16.4. The fourth-order valence-corrected chi connectivity index (χ4v) is 3.04. The normalized spacial score (nSPS) is 11.2. The number of hydrogen-bond donors (Lipinski definition) is 1. The molecule has 3 aromatic rings. The molecule has 0 amide bonds. The van der Waals surface area contributed by atoms with E-state index in [2.05, 4.69) is 9.97 Å². The van der Waals surface area contributed by atoms with Crippen LogP contribution in [-0.4, -0.2) is 41.6 Å². The van der Waals surface area contributed by atoms with Crippen molar-refractivity contribution in [2.45, 2.75) is 26.9 Å². The highest BCUT2D eigenvalue weighted by Crippen LogP contribution is 2.22. The summed E-state index contributed by atoms with van der Waals surface area (Å²) in [4.78, 5) is 33.8. The van der Waals surface area contributed by atoms with E-state index in [1.807, 2.05) is 36.2 Å². The summed E-state index contributed by atoms with van der Waals surface area (Å²) in [7, 11) is 3.55. The molecule has 0 radical (unpaired) electrons. The molecule has 0 aliphatic heterocycles. The van der Waals surface area contributed by atoms with Crippen molar-refractivity contribution in [1.29, 1.82) is 0 Å². The Bertz CT molecular complexity index is 1040. The SMILES string of the molecule is CCOC(=O)c1c(C)oc2nc(CN(C)Cc3ccc(OC)cc3)[nH]c(=O)c12. The maximum atomic E-state index is 12.6. The van der Waals surface area contributed by atoms with Gasteiger partial charge >= 0.3 is 5.97 Å². The van der Waals surface area contributed by atoms with Gasteiger partial charge in [-0.1, -0.05) is 12.1 Å². The molecular formula is C20H23N3O5. The van der Waals surface area contributed by atoms with Gasteiger partial charge in [-0.15, -0.1) is 0 Å². The van der Waals surface area contributed by atoms with Crippen LogP contribution in [0.3, 0.4) is 0 Å². The van der Waals surface area contributed by atoms with Crippen molar-refractivity contribution in [2.24, 2.45) is 0 Å². The first-order chi connectivity index (χ1) is 13.4. The number of H-pyrrole nitrogens is 1. The molecule has 0 spiro atoms. The van der Waals surface area contributed by atoms with Crippen molar-refractivity contribution in [3.8, 4) is 5.75 Å². The van der Waals surface area contributed by atoms with Crippen LogP contribution in [0.25, 0.3) is 11.1 Å². The lowest BCUT2D eigenvalue weighted by molar-refractivity contribution is 0.0526.